The van der Waals surface area contributed by atoms with Gasteiger partial charge in [-0.05, 0) is 61.5 Å². The Labute approximate surface area is 143 Å². The Balaban J connectivity index is 1.52. The van der Waals surface area contributed by atoms with Crippen LogP contribution in [0, 0.1) is 17.2 Å². The fraction of sp³-hybridized carbons (Fsp3) is 0.350. The third-order valence-electron chi connectivity index (χ3n) is 4.65. The molecule has 2 aromatic carbocycles. The van der Waals surface area contributed by atoms with E-state index in [0.29, 0.717) is 10.6 Å². The van der Waals surface area contributed by atoms with Gasteiger partial charge in [-0.1, -0.05) is 48.0 Å². The molecule has 2 aromatic rings. The maximum absolute atomic E-state index is 8.91. The van der Waals surface area contributed by atoms with E-state index in [1.165, 1.54) is 24.8 Å². The number of hydrogen-bond donors (Lipinski definition) is 0. The van der Waals surface area contributed by atoms with Crippen LogP contribution in [0.1, 0.15) is 29.5 Å². The standard InChI is InChI=1S/C20H21ClN2/c21-20-13-18(14-22)6-7-19(20)15-23-10-8-17(9-11-23)12-16-4-2-1-3-5-16/h1-7,13,17H,8-12,15H2. The molecule has 2 nitrogen and oxygen atoms in total. The molecule has 1 aliphatic heterocycles. The smallest absolute Gasteiger partial charge is 0.0992 e. The second kappa shape index (κ2) is 7.64. The molecule has 1 heterocycles. The molecule has 0 atom stereocenters. The second-order valence-corrected chi connectivity index (χ2v) is 6.73. The van der Waals surface area contributed by atoms with Crippen molar-refractivity contribution in [2.45, 2.75) is 25.8 Å². The monoisotopic (exact) mass is 324 g/mol. The van der Waals surface area contributed by atoms with Crippen molar-refractivity contribution >= 4 is 11.6 Å². The van der Waals surface area contributed by atoms with Gasteiger partial charge in [0.15, 0.2) is 0 Å². The second-order valence-electron chi connectivity index (χ2n) is 6.33. The lowest BCUT2D eigenvalue weighted by atomic mass is 9.90. The molecule has 0 amide bonds. The van der Waals surface area contributed by atoms with Crippen LogP contribution >= 0.6 is 11.6 Å². The largest absolute Gasteiger partial charge is 0.299 e. The summed E-state index contributed by atoms with van der Waals surface area (Å²) in [6.45, 7) is 3.12. The third kappa shape index (κ3) is 4.34. The zero-order valence-electron chi connectivity index (χ0n) is 13.2. The van der Waals surface area contributed by atoms with Crippen LogP contribution in [0.2, 0.25) is 5.02 Å². The Hall–Kier alpha value is -1.82. The van der Waals surface area contributed by atoms with Crippen molar-refractivity contribution in [3.8, 4) is 6.07 Å². The fourth-order valence-electron chi connectivity index (χ4n) is 3.28. The fourth-order valence-corrected chi connectivity index (χ4v) is 3.52. The minimum absolute atomic E-state index is 0.625. The van der Waals surface area contributed by atoms with Crippen LogP contribution in [0.15, 0.2) is 48.5 Å². The Kier molecular flexibility index (Phi) is 5.33. The topological polar surface area (TPSA) is 27.0 Å². The lowest BCUT2D eigenvalue weighted by Gasteiger charge is -2.32. The van der Waals surface area contributed by atoms with Crippen LogP contribution in [-0.4, -0.2) is 18.0 Å². The summed E-state index contributed by atoms with van der Waals surface area (Å²) in [6.07, 6.45) is 3.66. The summed E-state index contributed by atoms with van der Waals surface area (Å²) in [5, 5.41) is 9.61. The minimum Gasteiger partial charge on any atom is -0.299 e. The Morgan fingerprint density at radius 3 is 2.48 bits per heavy atom. The van der Waals surface area contributed by atoms with Crippen LogP contribution in [0.25, 0.3) is 0 Å². The number of benzene rings is 2. The summed E-state index contributed by atoms with van der Waals surface area (Å²) in [4.78, 5) is 2.47. The van der Waals surface area contributed by atoms with E-state index in [4.69, 9.17) is 16.9 Å². The molecular weight excluding hydrogens is 304 g/mol. The Bertz CT molecular complexity index is 683. The van der Waals surface area contributed by atoms with Gasteiger partial charge in [-0.25, -0.2) is 0 Å². The molecule has 0 saturated carbocycles. The van der Waals surface area contributed by atoms with E-state index in [1.807, 2.05) is 12.1 Å². The normalized spacial score (nSPS) is 16.2. The molecule has 1 saturated heterocycles. The highest BCUT2D eigenvalue weighted by atomic mass is 35.5. The number of nitriles is 1. The first-order valence-corrected chi connectivity index (χ1v) is 8.57. The molecule has 1 fully saturated rings. The van der Waals surface area contributed by atoms with Gasteiger partial charge in [-0.2, -0.15) is 5.26 Å². The first kappa shape index (κ1) is 16.1. The van der Waals surface area contributed by atoms with Gasteiger partial charge in [0.1, 0.15) is 0 Å². The first-order valence-electron chi connectivity index (χ1n) is 8.19. The quantitative estimate of drug-likeness (QED) is 0.817. The van der Waals surface area contributed by atoms with Gasteiger partial charge in [-0.15, -0.1) is 0 Å². The first-order chi connectivity index (χ1) is 11.2. The maximum atomic E-state index is 8.91. The number of piperidine rings is 1. The summed E-state index contributed by atoms with van der Waals surface area (Å²) in [6, 6.07) is 18.5. The van der Waals surface area contributed by atoms with Crippen LogP contribution in [0.5, 0.6) is 0 Å². The summed E-state index contributed by atoms with van der Waals surface area (Å²) < 4.78 is 0. The molecule has 118 valence electrons. The molecule has 3 rings (SSSR count). The molecule has 3 heteroatoms. The van der Waals surface area contributed by atoms with Crippen molar-refractivity contribution in [2.75, 3.05) is 13.1 Å². The molecule has 0 aliphatic carbocycles. The van der Waals surface area contributed by atoms with Crippen LogP contribution in [0.4, 0.5) is 0 Å². The van der Waals surface area contributed by atoms with Crippen LogP contribution < -0.4 is 0 Å². The van der Waals surface area contributed by atoms with Gasteiger partial charge in [0.05, 0.1) is 11.6 Å². The van der Waals surface area contributed by atoms with Gasteiger partial charge in [0.2, 0.25) is 0 Å². The number of likely N-dealkylation sites (tertiary alicyclic amines) is 1. The molecule has 0 unspecified atom stereocenters. The number of hydrogen-bond acceptors (Lipinski definition) is 2. The molecular formula is C20H21ClN2. The van der Waals surface area contributed by atoms with E-state index < -0.39 is 0 Å². The summed E-state index contributed by atoms with van der Waals surface area (Å²) in [7, 11) is 0. The highest BCUT2D eigenvalue weighted by Crippen LogP contribution is 2.25. The van der Waals surface area contributed by atoms with Gasteiger partial charge in [-0.3, -0.25) is 4.90 Å². The zero-order valence-corrected chi connectivity index (χ0v) is 14.0. The number of nitrogens with zero attached hydrogens (tertiary/aromatic N) is 2. The summed E-state index contributed by atoms with van der Waals surface area (Å²) >= 11 is 6.29. The van der Waals surface area contributed by atoms with Gasteiger partial charge >= 0.3 is 0 Å². The lowest BCUT2D eigenvalue weighted by molar-refractivity contribution is 0.177. The Morgan fingerprint density at radius 2 is 1.83 bits per heavy atom. The number of rotatable bonds is 4. The van der Waals surface area contributed by atoms with E-state index in [-0.39, 0.29) is 0 Å². The Morgan fingerprint density at radius 1 is 1.09 bits per heavy atom. The van der Waals surface area contributed by atoms with Crippen molar-refractivity contribution in [2.24, 2.45) is 5.92 Å². The van der Waals surface area contributed by atoms with E-state index in [1.54, 1.807) is 6.07 Å². The maximum Gasteiger partial charge on any atom is 0.0992 e. The molecule has 0 aromatic heterocycles. The number of halogens is 1. The molecule has 0 N–H and O–H groups in total. The molecule has 1 aliphatic rings. The van der Waals surface area contributed by atoms with Gasteiger partial charge < -0.3 is 0 Å². The predicted molar refractivity (Wildman–Crippen MR) is 94.3 cm³/mol. The molecule has 0 radical (unpaired) electrons. The molecule has 0 bridgehead atoms. The molecule has 23 heavy (non-hydrogen) atoms. The average Bonchev–Trinajstić information content (AvgIpc) is 2.59. The highest BCUT2D eigenvalue weighted by Gasteiger charge is 2.20. The van der Waals surface area contributed by atoms with Gasteiger partial charge in [0, 0.05) is 11.6 Å². The van der Waals surface area contributed by atoms with E-state index >= 15 is 0 Å². The minimum atomic E-state index is 0.625. The van der Waals surface area contributed by atoms with E-state index in [2.05, 4.69) is 41.3 Å². The van der Waals surface area contributed by atoms with Crippen LogP contribution in [0.3, 0.4) is 0 Å². The van der Waals surface area contributed by atoms with Crippen molar-refractivity contribution in [1.29, 1.82) is 5.26 Å². The summed E-state index contributed by atoms with van der Waals surface area (Å²) in [5.41, 5.74) is 3.19. The zero-order chi connectivity index (χ0) is 16.1. The van der Waals surface area contributed by atoms with Crippen molar-refractivity contribution in [3.05, 3.63) is 70.2 Å². The van der Waals surface area contributed by atoms with E-state index in [9.17, 15) is 0 Å². The SMILES string of the molecule is N#Cc1ccc(CN2CCC(Cc3ccccc3)CC2)c(Cl)c1. The van der Waals surface area contributed by atoms with Crippen molar-refractivity contribution in [3.63, 3.8) is 0 Å². The third-order valence-corrected chi connectivity index (χ3v) is 5.00. The summed E-state index contributed by atoms with van der Waals surface area (Å²) in [5.74, 6) is 0.782. The highest BCUT2D eigenvalue weighted by molar-refractivity contribution is 6.31. The van der Waals surface area contributed by atoms with E-state index in [0.717, 1.165) is 31.1 Å². The van der Waals surface area contributed by atoms with Crippen molar-refractivity contribution < 1.29 is 0 Å². The van der Waals surface area contributed by atoms with Crippen LogP contribution in [-0.2, 0) is 13.0 Å². The van der Waals surface area contributed by atoms with Gasteiger partial charge in [0.25, 0.3) is 0 Å². The molecule has 0 spiro atoms. The van der Waals surface area contributed by atoms with Crippen molar-refractivity contribution in [1.82, 2.24) is 4.90 Å². The lowest BCUT2D eigenvalue weighted by Crippen LogP contribution is -2.33. The predicted octanol–water partition coefficient (Wildman–Crippen LogP) is 4.67. The average molecular weight is 325 g/mol.